The fourth-order valence-electron chi connectivity index (χ4n) is 2.24. The van der Waals surface area contributed by atoms with Gasteiger partial charge >= 0.3 is 0 Å². The Morgan fingerprint density at radius 2 is 2.10 bits per heavy atom. The maximum absolute atomic E-state index is 12.2. The van der Waals surface area contributed by atoms with Gasteiger partial charge in [0.25, 0.3) is 5.91 Å². The van der Waals surface area contributed by atoms with Gasteiger partial charge in [0, 0.05) is 23.0 Å². The molecule has 1 amide bonds. The van der Waals surface area contributed by atoms with E-state index in [1.165, 1.54) is 17.3 Å². The predicted molar refractivity (Wildman–Crippen MR) is 78.4 cm³/mol. The maximum Gasteiger partial charge on any atom is 0.274 e. The van der Waals surface area contributed by atoms with Crippen LogP contribution in [0.1, 0.15) is 28.5 Å². The largest absolute Gasteiger partial charge is 0.382 e. The van der Waals surface area contributed by atoms with E-state index in [2.05, 4.69) is 21.4 Å². The summed E-state index contributed by atoms with van der Waals surface area (Å²) in [5.41, 5.74) is 7.02. The smallest absolute Gasteiger partial charge is 0.274 e. The minimum atomic E-state index is -0.276. The van der Waals surface area contributed by atoms with Gasteiger partial charge < -0.3 is 11.1 Å². The summed E-state index contributed by atoms with van der Waals surface area (Å²) in [5.74, 6) is 0.864. The molecule has 1 aliphatic heterocycles. The molecular formula is C14H14N4OS. The topological polar surface area (TPSA) is 80.9 Å². The van der Waals surface area contributed by atoms with E-state index in [0.717, 1.165) is 17.7 Å². The quantitative estimate of drug-likeness (QED) is 0.883. The van der Waals surface area contributed by atoms with Crippen molar-refractivity contribution in [2.24, 2.45) is 0 Å². The van der Waals surface area contributed by atoms with Crippen LogP contribution in [0.5, 0.6) is 0 Å². The third-order valence-electron chi connectivity index (χ3n) is 3.21. The average molecular weight is 286 g/mol. The number of nitrogens with one attached hydrogen (secondary N) is 1. The number of carbonyl (C=O) groups excluding carboxylic acids is 1. The zero-order chi connectivity index (χ0) is 13.9. The lowest BCUT2D eigenvalue weighted by molar-refractivity contribution is 0.0930. The molecule has 0 saturated heterocycles. The fourth-order valence-corrected chi connectivity index (χ4v) is 3.37. The molecule has 1 aromatic carbocycles. The second-order valence-corrected chi connectivity index (χ2v) is 5.63. The Kier molecular flexibility index (Phi) is 3.56. The summed E-state index contributed by atoms with van der Waals surface area (Å²) in [6, 6.07) is 8.12. The monoisotopic (exact) mass is 286 g/mol. The van der Waals surface area contributed by atoms with Crippen molar-refractivity contribution in [2.75, 3.05) is 11.5 Å². The molecule has 0 aliphatic carbocycles. The van der Waals surface area contributed by atoms with Crippen molar-refractivity contribution < 1.29 is 4.79 Å². The third kappa shape index (κ3) is 2.46. The molecule has 2 aromatic rings. The summed E-state index contributed by atoms with van der Waals surface area (Å²) < 4.78 is 0. The first-order valence-corrected chi connectivity index (χ1v) is 7.33. The van der Waals surface area contributed by atoms with Crippen LogP contribution in [-0.4, -0.2) is 21.6 Å². The molecule has 1 aliphatic rings. The van der Waals surface area contributed by atoms with E-state index in [9.17, 15) is 4.79 Å². The first kappa shape index (κ1) is 12.9. The van der Waals surface area contributed by atoms with Crippen LogP contribution in [0.15, 0.2) is 41.6 Å². The third-order valence-corrected chi connectivity index (χ3v) is 4.33. The normalized spacial score (nSPS) is 17.3. The van der Waals surface area contributed by atoms with Crippen LogP contribution in [-0.2, 0) is 0 Å². The van der Waals surface area contributed by atoms with E-state index in [0.29, 0.717) is 0 Å². The number of anilines is 1. The number of hydrogen-bond acceptors (Lipinski definition) is 5. The number of nitrogens with two attached hydrogens (primary N) is 1. The van der Waals surface area contributed by atoms with Crippen LogP contribution >= 0.6 is 11.8 Å². The van der Waals surface area contributed by atoms with E-state index >= 15 is 0 Å². The van der Waals surface area contributed by atoms with Crippen LogP contribution < -0.4 is 11.1 Å². The first-order chi connectivity index (χ1) is 9.75. The Balaban J connectivity index is 1.83. The summed E-state index contributed by atoms with van der Waals surface area (Å²) in [6.07, 6.45) is 3.84. The number of rotatable bonds is 2. The van der Waals surface area contributed by atoms with Gasteiger partial charge in [-0.1, -0.05) is 18.2 Å². The van der Waals surface area contributed by atoms with Crippen molar-refractivity contribution in [1.82, 2.24) is 15.3 Å². The highest BCUT2D eigenvalue weighted by molar-refractivity contribution is 7.99. The summed E-state index contributed by atoms with van der Waals surface area (Å²) >= 11 is 1.81. The second kappa shape index (κ2) is 5.50. The summed E-state index contributed by atoms with van der Waals surface area (Å²) in [7, 11) is 0. The van der Waals surface area contributed by atoms with E-state index in [-0.39, 0.29) is 23.5 Å². The van der Waals surface area contributed by atoms with Gasteiger partial charge in [-0.05, 0) is 18.1 Å². The van der Waals surface area contributed by atoms with E-state index in [4.69, 9.17) is 5.73 Å². The molecule has 1 atom stereocenters. The van der Waals surface area contributed by atoms with Crippen LogP contribution in [0, 0.1) is 0 Å². The van der Waals surface area contributed by atoms with Crippen molar-refractivity contribution in [3.05, 3.63) is 47.9 Å². The highest BCUT2D eigenvalue weighted by Gasteiger charge is 2.23. The minimum Gasteiger partial charge on any atom is -0.382 e. The molecule has 1 aromatic heterocycles. The van der Waals surface area contributed by atoms with Gasteiger partial charge in [-0.25, -0.2) is 9.97 Å². The maximum atomic E-state index is 12.2. The molecule has 20 heavy (non-hydrogen) atoms. The molecule has 1 unspecified atom stereocenters. The van der Waals surface area contributed by atoms with E-state index in [1.54, 1.807) is 0 Å². The highest BCUT2D eigenvalue weighted by Crippen LogP contribution is 2.35. The SMILES string of the molecule is Nc1nccnc1C(=O)NC1CCSc2ccccc21. The molecule has 2 heterocycles. The molecular weight excluding hydrogens is 272 g/mol. The van der Waals surface area contributed by atoms with Gasteiger partial charge in [0.15, 0.2) is 11.5 Å². The van der Waals surface area contributed by atoms with Crippen LogP contribution in [0.2, 0.25) is 0 Å². The fraction of sp³-hybridized carbons (Fsp3) is 0.214. The van der Waals surface area contributed by atoms with Gasteiger partial charge in [0.1, 0.15) is 0 Å². The number of carbonyl (C=O) groups is 1. The average Bonchev–Trinajstić information content (AvgIpc) is 2.48. The van der Waals surface area contributed by atoms with Gasteiger partial charge in [0.2, 0.25) is 0 Å². The van der Waals surface area contributed by atoms with Gasteiger partial charge in [-0.2, -0.15) is 0 Å². The van der Waals surface area contributed by atoms with Gasteiger partial charge in [0.05, 0.1) is 6.04 Å². The lowest BCUT2D eigenvalue weighted by atomic mass is 10.0. The lowest BCUT2D eigenvalue weighted by Gasteiger charge is -2.25. The van der Waals surface area contributed by atoms with Crippen molar-refractivity contribution in [1.29, 1.82) is 0 Å². The zero-order valence-corrected chi connectivity index (χ0v) is 11.6. The molecule has 5 nitrogen and oxygen atoms in total. The van der Waals surface area contributed by atoms with E-state index in [1.807, 2.05) is 30.0 Å². The van der Waals surface area contributed by atoms with Gasteiger partial charge in [-0.3, -0.25) is 4.79 Å². The molecule has 3 rings (SSSR count). The summed E-state index contributed by atoms with van der Waals surface area (Å²) in [5, 5.41) is 3.00. The Labute approximate surface area is 121 Å². The molecule has 0 saturated carbocycles. The second-order valence-electron chi connectivity index (χ2n) is 4.49. The van der Waals surface area contributed by atoms with Crippen molar-refractivity contribution in [3.63, 3.8) is 0 Å². The molecule has 0 spiro atoms. The Hall–Kier alpha value is -2.08. The number of benzene rings is 1. The molecule has 6 heteroatoms. The number of hydrogen-bond donors (Lipinski definition) is 2. The Morgan fingerprint density at radius 1 is 1.30 bits per heavy atom. The number of aromatic nitrogens is 2. The van der Waals surface area contributed by atoms with Crippen LogP contribution in [0.25, 0.3) is 0 Å². The summed E-state index contributed by atoms with van der Waals surface area (Å²) in [6.45, 7) is 0. The number of nitrogens with zero attached hydrogens (tertiary/aromatic N) is 2. The van der Waals surface area contributed by atoms with Gasteiger partial charge in [-0.15, -0.1) is 11.8 Å². The number of fused-ring (bicyclic) bond motifs is 1. The Bertz CT molecular complexity index is 647. The zero-order valence-electron chi connectivity index (χ0n) is 10.7. The van der Waals surface area contributed by atoms with E-state index < -0.39 is 0 Å². The van der Waals surface area contributed by atoms with Crippen molar-refractivity contribution in [3.8, 4) is 0 Å². The predicted octanol–water partition coefficient (Wildman–Crippen LogP) is 2.03. The molecule has 0 fully saturated rings. The van der Waals surface area contributed by atoms with Crippen molar-refractivity contribution in [2.45, 2.75) is 17.4 Å². The molecule has 3 N–H and O–H groups in total. The minimum absolute atomic E-state index is 0.00126. The van der Waals surface area contributed by atoms with Crippen LogP contribution in [0.4, 0.5) is 5.82 Å². The standard InChI is InChI=1S/C14H14N4OS/c15-13-12(16-6-7-17-13)14(19)18-10-5-8-20-11-4-2-1-3-9(10)11/h1-4,6-7,10H,5,8H2,(H2,15,17)(H,18,19). The number of nitrogen functional groups attached to an aromatic ring is 1. The highest BCUT2D eigenvalue weighted by atomic mass is 32.2. The molecule has 102 valence electrons. The number of thioether (sulfide) groups is 1. The lowest BCUT2D eigenvalue weighted by Crippen LogP contribution is -2.31. The number of amides is 1. The first-order valence-electron chi connectivity index (χ1n) is 6.35. The molecule has 0 bridgehead atoms. The summed E-state index contributed by atoms with van der Waals surface area (Å²) in [4.78, 5) is 21.3. The Morgan fingerprint density at radius 3 is 2.95 bits per heavy atom. The molecule has 0 radical (unpaired) electrons. The van der Waals surface area contributed by atoms with Crippen LogP contribution in [0.3, 0.4) is 0 Å². The van der Waals surface area contributed by atoms with Crippen molar-refractivity contribution >= 4 is 23.5 Å².